The van der Waals surface area contributed by atoms with E-state index in [9.17, 15) is 21.6 Å². The van der Waals surface area contributed by atoms with Crippen molar-refractivity contribution in [3.05, 3.63) is 48.5 Å². The van der Waals surface area contributed by atoms with Gasteiger partial charge in [-0.2, -0.15) is 0 Å². The number of rotatable bonds is 8. The molecule has 3 N–H and O–H groups in total. The standard InChI is InChI=1S/C21H26N4O6S2/c1-31-17-9-11-18(12-10-17)32(27,28)23-15-21(26)24-16-6-5-7-19(14-16)33(29,30)25-20-8-3-2-4-13-22-20/h5-7,9-12,14,23H,2-4,8,13,15H2,1H3,(H,22,25)(H,24,26). The van der Waals surface area contributed by atoms with E-state index < -0.39 is 32.5 Å². The van der Waals surface area contributed by atoms with Gasteiger partial charge in [-0.25, -0.2) is 21.6 Å². The Morgan fingerprint density at radius 1 is 0.970 bits per heavy atom. The summed E-state index contributed by atoms with van der Waals surface area (Å²) < 4.78 is 59.8. The number of carbonyl (C=O) groups excluding carboxylic acids is 1. The third-order valence-electron chi connectivity index (χ3n) is 4.85. The van der Waals surface area contributed by atoms with E-state index in [1.165, 1.54) is 55.6 Å². The number of nitrogens with one attached hydrogen (secondary N) is 3. The van der Waals surface area contributed by atoms with Crippen LogP contribution in [0.25, 0.3) is 0 Å². The highest BCUT2D eigenvalue weighted by Gasteiger charge is 2.19. The number of nitrogens with zero attached hydrogens (tertiary/aromatic N) is 1. The van der Waals surface area contributed by atoms with Gasteiger partial charge in [0, 0.05) is 18.7 Å². The lowest BCUT2D eigenvalue weighted by molar-refractivity contribution is -0.115. The Balaban J connectivity index is 1.62. The van der Waals surface area contributed by atoms with Crippen molar-refractivity contribution in [2.45, 2.75) is 35.5 Å². The fourth-order valence-corrected chi connectivity index (χ4v) is 5.23. The molecule has 0 spiro atoms. The van der Waals surface area contributed by atoms with E-state index in [0.29, 0.717) is 24.6 Å². The van der Waals surface area contributed by atoms with Crippen LogP contribution in [0.4, 0.5) is 5.69 Å². The van der Waals surface area contributed by atoms with E-state index in [2.05, 4.69) is 19.8 Å². The number of amides is 1. The molecule has 178 valence electrons. The zero-order valence-electron chi connectivity index (χ0n) is 18.1. The minimum atomic E-state index is -3.91. The molecule has 0 aromatic heterocycles. The van der Waals surface area contributed by atoms with E-state index in [0.717, 1.165) is 19.3 Å². The van der Waals surface area contributed by atoms with Crippen LogP contribution in [0.1, 0.15) is 25.7 Å². The van der Waals surface area contributed by atoms with Crippen molar-refractivity contribution >= 4 is 37.5 Å². The number of ether oxygens (including phenoxy) is 1. The molecule has 2 aromatic rings. The molecule has 10 nitrogen and oxygen atoms in total. The van der Waals surface area contributed by atoms with Crippen molar-refractivity contribution in [3.63, 3.8) is 0 Å². The predicted octanol–water partition coefficient (Wildman–Crippen LogP) is 1.86. The fourth-order valence-electron chi connectivity index (χ4n) is 3.12. The van der Waals surface area contributed by atoms with Crippen molar-refractivity contribution in [1.29, 1.82) is 0 Å². The summed E-state index contributed by atoms with van der Waals surface area (Å²) in [5.74, 6) is 0.278. The van der Waals surface area contributed by atoms with Crippen molar-refractivity contribution in [1.82, 2.24) is 9.44 Å². The first-order chi connectivity index (χ1) is 15.7. The largest absolute Gasteiger partial charge is 0.497 e. The minimum Gasteiger partial charge on any atom is -0.497 e. The quantitative estimate of drug-likeness (QED) is 0.511. The number of hydrogen-bond donors (Lipinski definition) is 3. The summed E-state index contributed by atoms with van der Waals surface area (Å²) in [6.45, 7) is 0.0563. The molecule has 33 heavy (non-hydrogen) atoms. The second-order valence-electron chi connectivity index (χ2n) is 7.32. The molecule has 0 saturated carbocycles. The van der Waals surface area contributed by atoms with Crippen LogP contribution in [0.2, 0.25) is 0 Å². The summed E-state index contributed by atoms with van der Waals surface area (Å²) in [5.41, 5.74) is 0.217. The molecular weight excluding hydrogens is 468 g/mol. The molecular formula is C21H26N4O6S2. The molecule has 1 amide bonds. The molecule has 0 fully saturated rings. The summed E-state index contributed by atoms with van der Waals surface area (Å²) >= 11 is 0. The van der Waals surface area contributed by atoms with E-state index in [1.807, 2.05) is 0 Å². The minimum absolute atomic E-state index is 0.0170. The molecule has 0 bridgehead atoms. The van der Waals surface area contributed by atoms with Crippen LogP contribution >= 0.6 is 0 Å². The average Bonchev–Trinajstić information content (AvgIpc) is 3.06. The zero-order chi connectivity index (χ0) is 23.9. The smallest absolute Gasteiger partial charge is 0.262 e. The Bertz CT molecular complexity index is 1230. The molecule has 1 heterocycles. The second kappa shape index (κ2) is 10.8. The van der Waals surface area contributed by atoms with Crippen LogP contribution in [0.5, 0.6) is 5.75 Å². The Labute approximate surface area is 193 Å². The van der Waals surface area contributed by atoms with Crippen LogP contribution in [-0.4, -0.2) is 48.8 Å². The molecule has 1 aliphatic heterocycles. The summed E-state index contributed by atoms with van der Waals surface area (Å²) in [5, 5.41) is 2.50. The number of hydrogen-bond acceptors (Lipinski definition) is 7. The summed E-state index contributed by atoms with van der Waals surface area (Å²) in [6.07, 6.45) is 3.35. The maximum atomic E-state index is 12.7. The zero-order valence-corrected chi connectivity index (χ0v) is 19.7. The van der Waals surface area contributed by atoms with Gasteiger partial charge >= 0.3 is 0 Å². The first kappa shape index (κ1) is 24.7. The van der Waals surface area contributed by atoms with E-state index >= 15 is 0 Å². The Morgan fingerprint density at radius 2 is 1.73 bits per heavy atom. The maximum absolute atomic E-state index is 12.7. The SMILES string of the molecule is COc1ccc(S(=O)(=O)NCC(=O)Nc2cccc(S(=O)(=O)NC3=NCCCCC3)c2)cc1. The molecule has 0 aliphatic carbocycles. The van der Waals surface area contributed by atoms with Crippen LogP contribution in [0.3, 0.4) is 0 Å². The van der Waals surface area contributed by atoms with Crippen LogP contribution in [-0.2, 0) is 24.8 Å². The van der Waals surface area contributed by atoms with Crippen molar-refractivity contribution in [2.24, 2.45) is 4.99 Å². The van der Waals surface area contributed by atoms with Gasteiger partial charge in [0.15, 0.2) is 0 Å². The van der Waals surface area contributed by atoms with Crippen molar-refractivity contribution < 1.29 is 26.4 Å². The normalized spacial score (nSPS) is 14.6. The Morgan fingerprint density at radius 3 is 2.45 bits per heavy atom. The number of aliphatic imine (C=N–C) groups is 1. The average molecular weight is 495 g/mol. The molecule has 0 atom stereocenters. The van der Waals surface area contributed by atoms with Gasteiger partial charge in [0.25, 0.3) is 10.0 Å². The van der Waals surface area contributed by atoms with Crippen LogP contribution in [0, 0.1) is 0 Å². The number of benzene rings is 2. The lowest BCUT2D eigenvalue weighted by atomic mass is 10.2. The van der Waals surface area contributed by atoms with Crippen molar-refractivity contribution in [2.75, 3.05) is 25.5 Å². The third kappa shape index (κ3) is 7.01. The van der Waals surface area contributed by atoms with Gasteiger partial charge in [0.05, 0.1) is 23.4 Å². The van der Waals surface area contributed by atoms with Gasteiger partial charge in [-0.15, -0.1) is 0 Å². The summed E-state index contributed by atoms with van der Waals surface area (Å²) in [4.78, 5) is 16.5. The number of carbonyl (C=O) groups is 1. The molecule has 0 radical (unpaired) electrons. The molecule has 12 heteroatoms. The first-order valence-electron chi connectivity index (χ1n) is 10.3. The Kier molecular flexibility index (Phi) is 8.06. The van der Waals surface area contributed by atoms with Gasteiger partial charge in [0.1, 0.15) is 11.6 Å². The lowest BCUT2D eigenvalue weighted by Gasteiger charge is -2.12. The van der Waals surface area contributed by atoms with Crippen LogP contribution in [0.15, 0.2) is 63.3 Å². The van der Waals surface area contributed by atoms with Gasteiger partial charge < -0.3 is 10.1 Å². The van der Waals surface area contributed by atoms with E-state index in [4.69, 9.17) is 4.74 Å². The third-order valence-corrected chi connectivity index (χ3v) is 7.64. The predicted molar refractivity (Wildman–Crippen MR) is 124 cm³/mol. The summed E-state index contributed by atoms with van der Waals surface area (Å²) in [6, 6.07) is 11.4. The van der Waals surface area contributed by atoms with Gasteiger partial charge in [-0.05, 0) is 55.3 Å². The van der Waals surface area contributed by atoms with Gasteiger partial charge in [0.2, 0.25) is 15.9 Å². The van der Waals surface area contributed by atoms with Crippen molar-refractivity contribution in [3.8, 4) is 5.75 Å². The van der Waals surface area contributed by atoms with E-state index in [-0.39, 0.29) is 15.5 Å². The van der Waals surface area contributed by atoms with Gasteiger partial charge in [-0.1, -0.05) is 12.5 Å². The highest BCUT2D eigenvalue weighted by Crippen LogP contribution is 2.17. The topological polar surface area (TPSA) is 143 Å². The Hall–Kier alpha value is -2.96. The monoisotopic (exact) mass is 494 g/mol. The molecule has 3 rings (SSSR count). The first-order valence-corrected chi connectivity index (χ1v) is 13.3. The number of sulfonamides is 2. The highest BCUT2D eigenvalue weighted by molar-refractivity contribution is 7.90. The van der Waals surface area contributed by atoms with Gasteiger partial charge in [-0.3, -0.25) is 14.5 Å². The fraction of sp³-hybridized carbons (Fsp3) is 0.333. The van der Waals surface area contributed by atoms with E-state index in [1.54, 1.807) is 0 Å². The highest BCUT2D eigenvalue weighted by atomic mass is 32.2. The van der Waals surface area contributed by atoms with Crippen LogP contribution < -0.4 is 19.5 Å². The summed E-state index contributed by atoms with van der Waals surface area (Å²) in [7, 11) is -6.31. The molecule has 0 saturated heterocycles. The number of anilines is 1. The molecule has 1 aliphatic rings. The lowest BCUT2D eigenvalue weighted by Crippen LogP contribution is -2.33. The number of methoxy groups -OCH3 is 1. The molecule has 2 aromatic carbocycles. The second-order valence-corrected chi connectivity index (χ2v) is 10.8. The molecule has 0 unspecified atom stereocenters. The number of amidine groups is 1. The maximum Gasteiger partial charge on any atom is 0.262 e.